The summed E-state index contributed by atoms with van der Waals surface area (Å²) < 4.78 is 10.2. The lowest BCUT2D eigenvalue weighted by molar-refractivity contribution is -0.129. The van der Waals surface area contributed by atoms with Gasteiger partial charge in [-0.2, -0.15) is 0 Å². The van der Waals surface area contributed by atoms with Crippen LogP contribution in [0.15, 0.2) is 41.0 Å². The van der Waals surface area contributed by atoms with Gasteiger partial charge in [0.2, 0.25) is 0 Å². The minimum Gasteiger partial charge on any atom is -0.484 e. The summed E-state index contributed by atoms with van der Waals surface area (Å²) in [7, 11) is 0. The third-order valence-corrected chi connectivity index (χ3v) is 3.06. The molecule has 2 rings (SSSR count). The highest BCUT2D eigenvalue weighted by molar-refractivity contribution is 5.94. The Bertz CT molecular complexity index is 735. The predicted molar refractivity (Wildman–Crippen MR) is 88.7 cm³/mol. The number of hydrazine groups is 1. The van der Waals surface area contributed by atoms with Gasteiger partial charge in [0, 0.05) is 0 Å². The molecule has 8 heteroatoms. The van der Waals surface area contributed by atoms with E-state index in [0.29, 0.717) is 5.75 Å². The Morgan fingerprint density at radius 2 is 1.72 bits per heavy atom. The van der Waals surface area contributed by atoms with E-state index in [1.807, 2.05) is 32.0 Å². The van der Waals surface area contributed by atoms with E-state index in [1.54, 1.807) is 6.07 Å². The molecular weight excluding hydrogens is 326 g/mol. The zero-order valence-corrected chi connectivity index (χ0v) is 13.9. The maximum Gasteiger partial charge on any atom is 0.287 e. The molecule has 0 radical (unpaired) electrons. The van der Waals surface area contributed by atoms with Crippen LogP contribution in [0.2, 0.25) is 0 Å². The molecule has 132 valence electrons. The van der Waals surface area contributed by atoms with Crippen LogP contribution in [0.5, 0.6) is 5.75 Å². The highest BCUT2D eigenvalue weighted by Crippen LogP contribution is 2.15. The van der Waals surface area contributed by atoms with Crippen LogP contribution in [0.4, 0.5) is 0 Å². The fourth-order valence-electron chi connectivity index (χ4n) is 2.04. The Morgan fingerprint density at radius 3 is 2.36 bits per heavy atom. The third-order valence-electron chi connectivity index (χ3n) is 3.06. The smallest absolute Gasteiger partial charge is 0.287 e. The highest BCUT2D eigenvalue weighted by Gasteiger charge is 2.11. The molecule has 0 saturated carbocycles. The average Bonchev–Trinajstić information content (AvgIpc) is 3.09. The van der Waals surface area contributed by atoms with E-state index in [9.17, 15) is 14.4 Å². The minimum atomic E-state index is -0.584. The number of nitrogens with one attached hydrogen (secondary N) is 3. The molecule has 1 heterocycles. The number of benzene rings is 1. The number of furan rings is 1. The zero-order valence-electron chi connectivity index (χ0n) is 13.9. The van der Waals surface area contributed by atoms with E-state index in [1.165, 1.54) is 12.3 Å². The molecule has 0 unspecified atom stereocenters. The molecule has 8 nitrogen and oxygen atoms in total. The lowest BCUT2D eigenvalue weighted by atomic mass is 10.1. The summed E-state index contributed by atoms with van der Waals surface area (Å²) in [5, 5.41) is 2.35. The largest absolute Gasteiger partial charge is 0.484 e. The number of carbonyl (C=O) groups excluding carboxylic acids is 3. The number of aryl methyl sites for hydroxylation is 2. The second-order valence-electron chi connectivity index (χ2n) is 5.37. The molecular formula is C17H19N3O5. The summed E-state index contributed by atoms with van der Waals surface area (Å²) in [4.78, 5) is 34.8. The summed E-state index contributed by atoms with van der Waals surface area (Å²) >= 11 is 0. The number of hydrogen-bond acceptors (Lipinski definition) is 5. The van der Waals surface area contributed by atoms with Crippen molar-refractivity contribution < 1.29 is 23.5 Å². The standard InChI is InChI=1S/C17H19N3O5/c1-11-6-12(2)8-13(7-11)25-10-16(22)20-19-15(21)9-18-17(23)14-4-3-5-24-14/h3-8H,9-10H2,1-2H3,(H,18,23)(H,19,21)(H,20,22). The van der Waals surface area contributed by atoms with Gasteiger partial charge in [-0.3, -0.25) is 25.2 Å². The molecule has 25 heavy (non-hydrogen) atoms. The lowest BCUT2D eigenvalue weighted by Gasteiger charge is -2.10. The van der Waals surface area contributed by atoms with Crippen LogP contribution in [0.1, 0.15) is 21.7 Å². The summed E-state index contributed by atoms with van der Waals surface area (Å²) in [6.45, 7) is 3.30. The number of carbonyl (C=O) groups is 3. The van der Waals surface area contributed by atoms with E-state index in [-0.39, 0.29) is 18.9 Å². The molecule has 0 aliphatic heterocycles. The van der Waals surface area contributed by atoms with Crippen LogP contribution in [-0.4, -0.2) is 30.9 Å². The van der Waals surface area contributed by atoms with Crippen LogP contribution >= 0.6 is 0 Å². The molecule has 0 aliphatic carbocycles. The van der Waals surface area contributed by atoms with Crippen molar-refractivity contribution in [2.45, 2.75) is 13.8 Å². The van der Waals surface area contributed by atoms with Crippen molar-refractivity contribution >= 4 is 17.7 Å². The van der Waals surface area contributed by atoms with Crippen molar-refractivity contribution in [3.05, 3.63) is 53.5 Å². The predicted octanol–water partition coefficient (Wildman–Crippen LogP) is 0.853. The van der Waals surface area contributed by atoms with E-state index >= 15 is 0 Å². The van der Waals surface area contributed by atoms with Crippen LogP contribution in [0, 0.1) is 13.8 Å². The molecule has 0 aliphatic rings. The van der Waals surface area contributed by atoms with Crippen molar-refractivity contribution in [2.24, 2.45) is 0 Å². The van der Waals surface area contributed by atoms with Gasteiger partial charge in [-0.05, 0) is 49.2 Å². The first kappa shape index (κ1) is 18.1. The lowest BCUT2D eigenvalue weighted by Crippen LogP contribution is -2.47. The second kappa shape index (κ2) is 8.53. The highest BCUT2D eigenvalue weighted by atomic mass is 16.5. The minimum absolute atomic E-state index is 0.0960. The Labute approximate surface area is 144 Å². The summed E-state index contributed by atoms with van der Waals surface area (Å²) in [6, 6.07) is 8.64. The Hall–Kier alpha value is -3.29. The summed E-state index contributed by atoms with van der Waals surface area (Å²) in [6.07, 6.45) is 1.35. The van der Waals surface area contributed by atoms with E-state index < -0.39 is 17.7 Å². The molecule has 0 atom stereocenters. The Balaban J connectivity index is 1.67. The number of ether oxygens (including phenoxy) is 1. The number of hydrogen-bond donors (Lipinski definition) is 3. The molecule has 3 amide bonds. The SMILES string of the molecule is Cc1cc(C)cc(OCC(=O)NNC(=O)CNC(=O)c2ccco2)c1. The topological polar surface area (TPSA) is 110 Å². The Kier molecular flexibility index (Phi) is 6.16. The van der Waals surface area contributed by atoms with Gasteiger partial charge in [0.05, 0.1) is 12.8 Å². The van der Waals surface area contributed by atoms with Crippen LogP contribution < -0.4 is 20.9 Å². The quantitative estimate of drug-likeness (QED) is 0.673. The van der Waals surface area contributed by atoms with Crippen LogP contribution in [0.25, 0.3) is 0 Å². The Morgan fingerprint density at radius 1 is 1.04 bits per heavy atom. The van der Waals surface area contributed by atoms with Gasteiger partial charge in [0.1, 0.15) is 5.75 Å². The molecule has 2 aromatic rings. The zero-order chi connectivity index (χ0) is 18.2. The van der Waals surface area contributed by atoms with Gasteiger partial charge in [-0.15, -0.1) is 0 Å². The first-order chi connectivity index (χ1) is 11.9. The molecule has 1 aromatic carbocycles. The average molecular weight is 345 g/mol. The second-order valence-corrected chi connectivity index (χ2v) is 5.37. The van der Waals surface area contributed by atoms with Gasteiger partial charge in [-0.1, -0.05) is 6.07 Å². The van der Waals surface area contributed by atoms with Crippen LogP contribution in [-0.2, 0) is 9.59 Å². The van der Waals surface area contributed by atoms with E-state index in [4.69, 9.17) is 9.15 Å². The van der Waals surface area contributed by atoms with Gasteiger partial charge in [-0.25, -0.2) is 0 Å². The molecule has 3 N–H and O–H groups in total. The van der Waals surface area contributed by atoms with Crippen molar-refractivity contribution in [1.82, 2.24) is 16.2 Å². The van der Waals surface area contributed by atoms with E-state index in [2.05, 4.69) is 16.2 Å². The molecule has 0 saturated heterocycles. The first-order valence-corrected chi connectivity index (χ1v) is 7.54. The maximum atomic E-state index is 11.7. The van der Waals surface area contributed by atoms with Crippen molar-refractivity contribution in [2.75, 3.05) is 13.2 Å². The fourth-order valence-corrected chi connectivity index (χ4v) is 2.04. The van der Waals surface area contributed by atoms with E-state index in [0.717, 1.165) is 11.1 Å². The van der Waals surface area contributed by atoms with Gasteiger partial charge in [0.15, 0.2) is 12.4 Å². The van der Waals surface area contributed by atoms with Crippen molar-refractivity contribution in [3.63, 3.8) is 0 Å². The third kappa shape index (κ3) is 6.02. The molecule has 1 aromatic heterocycles. The van der Waals surface area contributed by atoms with Crippen molar-refractivity contribution in [1.29, 1.82) is 0 Å². The van der Waals surface area contributed by atoms with Crippen molar-refractivity contribution in [3.8, 4) is 5.75 Å². The molecule has 0 bridgehead atoms. The summed E-state index contributed by atoms with van der Waals surface area (Å²) in [5.41, 5.74) is 6.43. The fraction of sp³-hybridized carbons (Fsp3) is 0.235. The summed E-state index contributed by atoms with van der Waals surface area (Å²) in [5.74, 6) is -0.961. The van der Waals surface area contributed by atoms with Gasteiger partial charge >= 0.3 is 0 Å². The number of amides is 3. The van der Waals surface area contributed by atoms with Gasteiger partial charge < -0.3 is 14.5 Å². The molecule has 0 fully saturated rings. The number of rotatable bonds is 6. The monoisotopic (exact) mass is 345 g/mol. The maximum absolute atomic E-state index is 11.7. The van der Waals surface area contributed by atoms with Gasteiger partial charge in [0.25, 0.3) is 17.7 Å². The normalized spacial score (nSPS) is 10.0. The van der Waals surface area contributed by atoms with Crippen LogP contribution in [0.3, 0.4) is 0 Å². The molecule has 0 spiro atoms. The first-order valence-electron chi connectivity index (χ1n) is 7.54.